The summed E-state index contributed by atoms with van der Waals surface area (Å²) in [4.78, 5) is 19.7. The number of nitrogens with two attached hydrogens (primary N) is 1. The molecule has 0 unspecified atom stereocenters. The second-order valence-electron chi connectivity index (χ2n) is 5.62. The molecule has 0 spiro atoms. The van der Waals surface area contributed by atoms with E-state index in [1.54, 1.807) is 0 Å². The van der Waals surface area contributed by atoms with Gasteiger partial charge in [-0.1, -0.05) is 42.0 Å². The highest BCUT2D eigenvalue weighted by Gasteiger charge is 2.07. The number of aryl methyl sites for hydroxylation is 1. The minimum absolute atomic E-state index is 0.101. The third kappa shape index (κ3) is 3.57. The minimum Gasteiger partial charge on any atom is -0.368 e. The molecular weight excluding hydrogens is 300 g/mol. The molecular formula is C19H18N4O. The fourth-order valence-corrected chi connectivity index (χ4v) is 2.41. The van der Waals surface area contributed by atoms with E-state index in [0.717, 1.165) is 28.2 Å². The number of anilines is 2. The van der Waals surface area contributed by atoms with Crippen molar-refractivity contribution >= 4 is 17.5 Å². The summed E-state index contributed by atoms with van der Waals surface area (Å²) in [6.07, 6.45) is 0. The van der Waals surface area contributed by atoms with Crippen LogP contribution in [0, 0.1) is 6.92 Å². The second-order valence-corrected chi connectivity index (χ2v) is 5.62. The second kappa shape index (κ2) is 6.50. The van der Waals surface area contributed by atoms with Gasteiger partial charge in [-0.2, -0.15) is 0 Å². The normalized spacial score (nSPS) is 10.4. The first-order valence-corrected chi connectivity index (χ1v) is 7.61. The van der Waals surface area contributed by atoms with E-state index in [0.29, 0.717) is 0 Å². The van der Waals surface area contributed by atoms with Gasteiger partial charge in [0.25, 0.3) is 0 Å². The number of nitrogens with zero attached hydrogens (tertiary/aromatic N) is 2. The summed E-state index contributed by atoms with van der Waals surface area (Å²) in [6, 6.07) is 17.5. The van der Waals surface area contributed by atoms with Crippen molar-refractivity contribution in [3.8, 4) is 22.5 Å². The van der Waals surface area contributed by atoms with E-state index in [1.165, 1.54) is 12.5 Å². The van der Waals surface area contributed by atoms with E-state index in [2.05, 4.69) is 15.3 Å². The summed E-state index contributed by atoms with van der Waals surface area (Å²) < 4.78 is 0. The summed E-state index contributed by atoms with van der Waals surface area (Å²) in [7, 11) is 0. The van der Waals surface area contributed by atoms with Crippen LogP contribution in [0.3, 0.4) is 0 Å². The molecule has 0 aliphatic carbocycles. The molecule has 1 aromatic heterocycles. The van der Waals surface area contributed by atoms with Crippen molar-refractivity contribution in [2.75, 3.05) is 11.1 Å². The lowest BCUT2D eigenvalue weighted by molar-refractivity contribution is -0.114. The number of carbonyl (C=O) groups is 1. The van der Waals surface area contributed by atoms with Crippen LogP contribution in [0.5, 0.6) is 0 Å². The predicted molar refractivity (Wildman–Crippen MR) is 96.4 cm³/mol. The molecule has 0 fully saturated rings. The fourth-order valence-electron chi connectivity index (χ4n) is 2.41. The molecule has 5 heteroatoms. The SMILES string of the molecule is CC(=O)Nc1ccc(-c2cc(-c3ccc(C)cc3)nc(N)n2)cc1. The molecule has 120 valence electrons. The average Bonchev–Trinajstić information content (AvgIpc) is 2.55. The molecule has 1 heterocycles. The topological polar surface area (TPSA) is 80.9 Å². The molecule has 5 nitrogen and oxygen atoms in total. The van der Waals surface area contributed by atoms with Gasteiger partial charge in [-0.15, -0.1) is 0 Å². The van der Waals surface area contributed by atoms with Crippen LogP contribution in [0.15, 0.2) is 54.6 Å². The van der Waals surface area contributed by atoms with Gasteiger partial charge in [-0.05, 0) is 25.1 Å². The molecule has 3 N–H and O–H groups in total. The molecule has 3 rings (SSSR count). The Morgan fingerprint density at radius 3 is 1.92 bits per heavy atom. The molecule has 2 aromatic carbocycles. The van der Waals surface area contributed by atoms with E-state index in [1.807, 2.05) is 61.5 Å². The quantitative estimate of drug-likeness (QED) is 0.772. The Balaban J connectivity index is 1.96. The zero-order valence-electron chi connectivity index (χ0n) is 13.6. The Morgan fingerprint density at radius 2 is 1.42 bits per heavy atom. The van der Waals surface area contributed by atoms with Crippen molar-refractivity contribution in [2.45, 2.75) is 13.8 Å². The number of hydrogen-bond acceptors (Lipinski definition) is 4. The Kier molecular flexibility index (Phi) is 4.24. The lowest BCUT2D eigenvalue weighted by atomic mass is 10.1. The van der Waals surface area contributed by atoms with Crippen LogP contribution in [0.2, 0.25) is 0 Å². The Bertz CT molecular complexity index is 871. The fraction of sp³-hybridized carbons (Fsp3) is 0.105. The van der Waals surface area contributed by atoms with Gasteiger partial charge in [0.05, 0.1) is 11.4 Å². The summed E-state index contributed by atoms with van der Waals surface area (Å²) in [5, 5.41) is 2.74. The summed E-state index contributed by atoms with van der Waals surface area (Å²) >= 11 is 0. The van der Waals surface area contributed by atoms with Crippen molar-refractivity contribution in [3.05, 3.63) is 60.2 Å². The number of nitrogen functional groups attached to an aromatic ring is 1. The van der Waals surface area contributed by atoms with Crippen molar-refractivity contribution in [2.24, 2.45) is 0 Å². The average molecular weight is 318 g/mol. The van der Waals surface area contributed by atoms with Crippen LogP contribution in [-0.2, 0) is 4.79 Å². The molecule has 0 aliphatic heterocycles. The van der Waals surface area contributed by atoms with E-state index in [4.69, 9.17) is 5.73 Å². The number of carbonyl (C=O) groups excluding carboxylic acids is 1. The highest BCUT2D eigenvalue weighted by Crippen LogP contribution is 2.25. The van der Waals surface area contributed by atoms with Crippen LogP contribution in [0.25, 0.3) is 22.5 Å². The van der Waals surface area contributed by atoms with Gasteiger partial charge in [0.2, 0.25) is 11.9 Å². The summed E-state index contributed by atoms with van der Waals surface area (Å²) in [5.41, 5.74) is 11.2. The van der Waals surface area contributed by atoms with Crippen LogP contribution in [0.4, 0.5) is 11.6 Å². The van der Waals surface area contributed by atoms with Gasteiger partial charge in [0, 0.05) is 23.7 Å². The van der Waals surface area contributed by atoms with E-state index in [-0.39, 0.29) is 11.9 Å². The van der Waals surface area contributed by atoms with Gasteiger partial charge < -0.3 is 11.1 Å². The smallest absolute Gasteiger partial charge is 0.221 e. The number of amides is 1. The molecule has 0 aliphatic rings. The monoisotopic (exact) mass is 318 g/mol. The van der Waals surface area contributed by atoms with E-state index >= 15 is 0 Å². The number of benzene rings is 2. The highest BCUT2D eigenvalue weighted by molar-refractivity contribution is 5.89. The third-order valence-electron chi connectivity index (χ3n) is 3.59. The number of hydrogen-bond donors (Lipinski definition) is 2. The largest absolute Gasteiger partial charge is 0.368 e. The van der Waals surface area contributed by atoms with Crippen LogP contribution in [-0.4, -0.2) is 15.9 Å². The summed E-state index contributed by atoms with van der Waals surface area (Å²) in [5.74, 6) is 0.129. The number of nitrogens with one attached hydrogen (secondary N) is 1. The molecule has 3 aromatic rings. The lowest BCUT2D eigenvalue weighted by Gasteiger charge is -2.08. The number of rotatable bonds is 3. The van der Waals surface area contributed by atoms with Gasteiger partial charge in [0.15, 0.2) is 0 Å². The first kappa shape index (κ1) is 15.7. The molecule has 0 atom stereocenters. The highest BCUT2D eigenvalue weighted by atomic mass is 16.1. The first-order chi connectivity index (χ1) is 11.5. The molecule has 0 saturated heterocycles. The van der Waals surface area contributed by atoms with Gasteiger partial charge >= 0.3 is 0 Å². The standard InChI is InChI=1S/C19H18N4O/c1-12-3-5-14(6-4-12)17-11-18(23-19(20)22-17)15-7-9-16(10-8-15)21-13(2)24/h3-11H,1-2H3,(H,21,24)(H2,20,22,23). The lowest BCUT2D eigenvalue weighted by Crippen LogP contribution is -2.05. The van der Waals surface area contributed by atoms with Gasteiger partial charge in [0.1, 0.15) is 0 Å². The minimum atomic E-state index is -0.101. The molecule has 0 bridgehead atoms. The predicted octanol–water partition coefficient (Wildman–Crippen LogP) is 3.66. The van der Waals surface area contributed by atoms with Gasteiger partial charge in [-0.3, -0.25) is 4.79 Å². The molecule has 24 heavy (non-hydrogen) atoms. The van der Waals surface area contributed by atoms with Crippen molar-refractivity contribution in [3.63, 3.8) is 0 Å². The zero-order valence-corrected chi connectivity index (χ0v) is 13.6. The van der Waals surface area contributed by atoms with Crippen molar-refractivity contribution in [1.29, 1.82) is 0 Å². The van der Waals surface area contributed by atoms with Crippen LogP contribution < -0.4 is 11.1 Å². The molecule has 0 radical (unpaired) electrons. The Hall–Kier alpha value is -3.21. The molecule has 0 saturated carbocycles. The van der Waals surface area contributed by atoms with Crippen molar-refractivity contribution < 1.29 is 4.79 Å². The third-order valence-corrected chi connectivity index (χ3v) is 3.59. The molecule has 1 amide bonds. The maximum absolute atomic E-state index is 11.1. The maximum atomic E-state index is 11.1. The van der Waals surface area contributed by atoms with E-state index in [9.17, 15) is 4.79 Å². The maximum Gasteiger partial charge on any atom is 0.221 e. The van der Waals surface area contributed by atoms with E-state index < -0.39 is 0 Å². The van der Waals surface area contributed by atoms with Crippen LogP contribution >= 0.6 is 0 Å². The van der Waals surface area contributed by atoms with Gasteiger partial charge in [-0.25, -0.2) is 9.97 Å². The Labute approximate surface area is 140 Å². The Morgan fingerprint density at radius 1 is 0.917 bits per heavy atom. The zero-order chi connectivity index (χ0) is 17.1. The van der Waals surface area contributed by atoms with Crippen molar-refractivity contribution in [1.82, 2.24) is 9.97 Å². The summed E-state index contributed by atoms with van der Waals surface area (Å²) in [6.45, 7) is 3.52. The van der Waals surface area contributed by atoms with Crippen LogP contribution in [0.1, 0.15) is 12.5 Å². The number of aromatic nitrogens is 2. The first-order valence-electron chi connectivity index (χ1n) is 7.61.